The van der Waals surface area contributed by atoms with E-state index in [2.05, 4.69) is 5.32 Å². The largest absolute Gasteiger partial charge is 0.478 e. The minimum absolute atomic E-state index is 0.181. The van der Waals surface area contributed by atoms with Crippen LogP contribution < -0.4 is 14.4 Å². The van der Waals surface area contributed by atoms with Gasteiger partial charge in [-0.2, -0.15) is 0 Å². The molecule has 0 aliphatic carbocycles. The topological polar surface area (TPSA) is 75.7 Å². The fourth-order valence-corrected chi connectivity index (χ4v) is 4.12. The van der Waals surface area contributed by atoms with Gasteiger partial charge in [0.15, 0.2) is 6.10 Å². The van der Waals surface area contributed by atoms with E-state index in [1.165, 1.54) is 4.31 Å². The molecule has 0 bridgehead atoms. The van der Waals surface area contributed by atoms with Crippen LogP contribution in [0.25, 0.3) is 0 Å². The van der Waals surface area contributed by atoms with Gasteiger partial charge in [0.25, 0.3) is 5.91 Å². The predicted molar refractivity (Wildman–Crippen MR) is 107 cm³/mol. The maximum atomic E-state index is 12.8. The van der Waals surface area contributed by atoms with Crippen molar-refractivity contribution in [1.82, 2.24) is 0 Å². The van der Waals surface area contributed by atoms with Crippen molar-refractivity contribution in [1.29, 1.82) is 0 Å². The highest BCUT2D eigenvalue weighted by Gasteiger charge is 2.31. The van der Waals surface area contributed by atoms with E-state index in [1.54, 1.807) is 12.1 Å². The number of fused-ring (bicyclic) bond motifs is 1. The van der Waals surface area contributed by atoms with Crippen molar-refractivity contribution in [2.24, 2.45) is 0 Å². The first-order chi connectivity index (χ1) is 12.6. The third-order valence-electron chi connectivity index (χ3n) is 4.58. The standard InChI is InChI=1S/C20H24N2O4S/c1-13-5-7-16(15(3)11-13)21-20(23)19-9-10-22(27(4,24)25)17-12-14(2)6-8-18(17)26-19/h5-8,11-12,19H,9-10H2,1-4H3,(H,21,23). The zero-order valence-electron chi connectivity index (χ0n) is 15.9. The van der Waals surface area contributed by atoms with Crippen LogP contribution >= 0.6 is 0 Å². The zero-order chi connectivity index (χ0) is 19.8. The highest BCUT2D eigenvalue weighted by atomic mass is 32.2. The number of anilines is 2. The van der Waals surface area contributed by atoms with E-state index in [1.807, 2.05) is 45.0 Å². The number of carbonyl (C=O) groups excluding carboxylic acids is 1. The number of hydrogen-bond acceptors (Lipinski definition) is 4. The number of sulfonamides is 1. The van der Waals surface area contributed by atoms with Crippen molar-refractivity contribution in [3.8, 4) is 5.75 Å². The van der Waals surface area contributed by atoms with Crippen LogP contribution in [0.4, 0.5) is 11.4 Å². The van der Waals surface area contributed by atoms with Gasteiger partial charge in [-0.25, -0.2) is 8.42 Å². The van der Waals surface area contributed by atoms with Crippen LogP contribution in [0.3, 0.4) is 0 Å². The monoisotopic (exact) mass is 388 g/mol. The first-order valence-corrected chi connectivity index (χ1v) is 10.6. The molecular weight excluding hydrogens is 364 g/mol. The molecule has 0 fully saturated rings. The molecule has 2 aromatic rings. The van der Waals surface area contributed by atoms with Gasteiger partial charge in [0.2, 0.25) is 10.0 Å². The van der Waals surface area contributed by atoms with Gasteiger partial charge >= 0.3 is 0 Å². The average Bonchev–Trinajstić information content (AvgIpc) is 2.76. The van der Waals surface area contributed by atoms with Gasteiger partial charge in [0, 0.05) is 18.7 Å². The Morgan fingerprint density at radius 2 is 1.78 bits per heavy atom. The average molecular weight is 388 g/mol. The highest BCUT2D eigenvalue weighted by molar-refractivity contribution is 7.92. The van der Waals surface area contributed by atoms with Crippen LogP contribution in [-0.2, 0) is 14.8 Å². The minimum Gasteiger partial charge on any atom is -0.478 e. The van der Waals surface area contributed by atoms with E-state index in [0.29, 0.717) is 11.4 Å². The molecule has 1 unspecified atom stereocenters. The van der Waals surface area contributed by atoms with Crippen LogP contribution in [0.2, 0.25) is 0 Å². The summed E-state index contributed by atoms with van der Waals surface area (Å²) in [5.74, 6) is 0.105. The number of amides is 1. The number of nitrogens with one attached hydrogen (secondary N) is 1. The Bertz CT molecular complexity index is 985. The summed E-state index contributed by atoms with van der Waals surface area (Å²) >= 11 is 0. The maximum absolute atomic E-state index is 12.8. The number of hydrogen-bond donors (Lipinski definition) is 1. The molecule has 1 aliphatic heterocycles. The molecule has 2 aromatic carbocycles. The van der Waals surface area contributed by atoms with Crippen LogP contribution in [-0.4, -0.2) is 33.2 Å². The van der Waals surface area contributed by atoms with Crippen LogP contribution in [0.1, 0.15) is 23.1 Å². The number of nitrogens with zero attached hydrogens (tertiary/aromatic N) is 1. The van der Waals surface area contributed by atoms with Gasteiger partial charge in [-0.05, 0) is 50.1 Å². The van der Waals surface area contributed by atoms with Crippen molar-refractivity contribution in [3.05, 3.63) is 53.1 Å². The molecule has 7 heteroatoms. The first kappa shape index (κ1) is 19.2. The predicted octanol–water partition coefficient (Wildman–Crippen LogP) is 3.17. The molecule has 6 nitrogen and oxygen atoms in total. The normalized spacial score (nSPS) is 16.9. The molecule has 1 aliphatic rings. The minimum atomic E-state index is -3.48. The molecule has 3 rings (SSSR count). The van der Waals surface area contributed by atoms with Crippen LogP contribution in [0.5, 0.6) is 5.75 Å². The van der Waals surface area contributed by atoms with Crippen molar-refractivity contribution >= 4 is 27.3 Å². The lowest BCUT2D eigenvalue weighted by Gasteiger charge is -2.21. The van der Waals surface area contributed by atoms with Gasteiger partial charge < -0.3 is 10.1 Å². The van der Waals surface area contributed by atoms with Gasteiger partial charge in [-0.15, -0.1) is 0 Å². The lowest BCUT2D eigenvalue weighted by molar-refractivity contribution is -0.122. The fraction of sp³-hybridized carbons (Fsp3) is 0.350. The Labute approximate surface area is 160 Å². The number of rotatable bonds is 3. The lowest BCUT2D eigenvalue weighted by Crippen LogP contribution is -2.36. The number of aryl methyl sites for hydroxylation is 3. The Hall–Kier alpha value is -2.54. The number of benzene rings is 2. The first-order valence-electron chi connectivity index (χ1n) is 8.78. The summed E-state index contributed by atoms with van der Waals surface area (Å²) in [6.07, 6.45) is 0.645. The van der Waals surface area contributed by atoms with E-state index in [4.69, 9.17) is 4.74 Å². The molecule has 0 saturated carbocycles. The van der Waals surface area contributed by atoms with Gasteiger partial charge in [0.05, 0.1) is 11.9 Å². The smallest absolute Gasteiger partial charge is 0.265 e. The quantitative estimate of drug-likeness (QED) is 0.876. The SMILES string of the molecule is Cc1ccc(NC(=O)C2CCN(S(C)(=O)=O)c3cc(C)ccc3O2)c(C)c1. The molecule has 144 valence electrons. The summed E-state index contributed by atoms with van der Waals surface area (Å²) in [5.41, 5.74) is 4.20. The molecule has 0 aromatic heterocycles. The Balaban J connectivity index is 1.88. The molecule has 0 radical (unpaired) electrons. The van der Waals surface area contributed by atoms with E-state index in [9.17, 15) is 13.2 Å². The van der Waals surface area contributed by atoms with Crippen molar-refractivity contribution in [2.45, 2.75) is 33.3 Å². The molecule has 1 heterocycles. The van der Waals surface area contributed by atoms with E-state index in [-0.39, 0.29) is 18.9 Å². The summed E-state index contributed by atoms with van der Waals surface area (Å²) in [5, 5.41) is 2.90. The fourth-order valence-electron chi connectivity index (χ4n) is 3.19. The van der Waals surface area contributed by atoms with Crippen molar-refractivity contribution < 1.29 is 17.9 Å². The lowest BCUT2D eigenvalue weighted by atomic mass is 10.1. The van der Waals surface area contributed by atoms with Gasteiger partial charge in [-0.3, -0.25) is 9.10 Å². The second-order valence-corrected chi connectivity index (χ2v) is 8.92. The molecule has 0 spiro atoms. The Morgan fingerprint density at radius 1 is 1.11 bits per heavy atom. The highest BCUT2D eigenvalue weighted by Crippen LogP contribution is 2.35. The Morgan fingerprint density at radius 3 is 2.44 bits per heavy atom. The molecule has 1 atom stereocenters. The number of carbonyl (C=O) groups is 1. The third-order valence-corrected chi connectivity index (χ3v) is 5.76. The molecule has 1 N–H and O–H groups in total. The van der Waals surface area contributed by atoms with Crippen molar-refractivity contribution in [2.75, 3.05) is 22.4 Å². The van der Waals surface area contributed by atoms with Crippen molar-refractivity contribution in [3.63, 3.8) is 0 Å². The second-order valence-electron chi connectivity index (χ2n) is 7.01. The van der Waals surface area contributed by atoms with Crippen LogP contribution in [0, 0.1) is 20.8 Å². The second kappa shape index (κ2) is 7.23. The van der Waals surface area contributed by atoms with E-state index in [0.717, 1.165) is 28.6 Å². The van der Waals surface area contributed by atoms with E-state index < -0.39 is 16.1 Å². The Kier molecular flexibility index (Phi) is 5.15. The third kappa shape index (κ3) is 4.24. The molecule has 1 amide bonds. The summed E-state index contributed by atoms with van der Waals surface area (Å²) in [7, 11) is -3.48. The van der Waals surface area contributed by atoms with Gasteiger partial charge in [0.1, 0.15) is 5.75 Å². The summed E-state index contributed by atoms with van der Waals surface area (Å²) in [6.45, 7) is 5.99. The summed E-state index contributed by atoms with van der Waals surface area (Å²) < 4.78 is 31.7. The maximum Gasteiger partial charge on any atom is 0.265 e. The summed E-state index contributed by atoms with van der Waals surface area (Å²) in [4.78, 5) is 12.8. The molecule has 0 saturated heterocycles. The molecule has 27 heavy (non-hydrogen) atoms. The van der Waals surface area contributed by atoms with Crippen LogP contribution in [0.15, 0.2) is 36.4 Å². The zero-order valence-corrected chi connectivity index (χ0v) is 16.8. The number of ether oxygens (including phenoxy) is 1. The summed E-state index contributed by atoms with van der Waals surface area (Å²) in [6, 6.07) is 11.1. The van der Waals surface area contributed by atoms with Gasteiger partial charge in [-0.1, -0.05) is 23.8 Å². The van der Waals surface area contributed by atoms with E-state index >= 15 is 0 Å². The molecular formula is C20H24N2O4S.